The first-order valence-electron chi connectivity index (χ1n) is 6.76. The summed E-state index contributed by atoms with van der Waals surface area (Å²) in [6.45, 7) is 3.97. The zero-order valence-electron chi connectivity index (χ0n) is 12.2. The molecule has 1 N–H and O–H groups in total. The van der Waals surface area contributed by atoms with E-state index in [1.165, 1.54) is 0 Å². The van der Waals surface area contributed by atoms with Crippen molar-refractivity contribution in [3.63, 3.8) is 0 Å². The average molecular weight is 284 g/mol. The maximum atomic E-state index is 11.1. The van der Waals surface area contributed by atoms with Gasteiger partial charge in [-0.15, -0.1) is 0 Å². The second-order valence-electron chi connectivity index (χ2n) is 4.99. The van der Waals surface area contributed by atoms with Crippen LogP contribution in [0.2, 0.25) is 0 Å². The van der Waals surface area contributed by atoms with Crippen molar-refractivity contribution >= 4 is 17.0 Å². The minimum atomic E-state index is -0.945. The maximum absolute atomic E-state index is 11.1. The molecule has 21 heavy (non-hydrogen) atoms. The van der Waals surface area contributed by atoms with Crippen molar-refractivity contribution in [2.45, 2.75) is 20.3 Å². The number of carbonyl (C=O) groups is 1. The molecule has 0 radical (unpaired) electrons. The van der Waals surface area contributed by atoms with Crippen LogP contribution in [0.5, 0.6) is 0 Å². The Morgan fingerprint density at radius 1 is 1.38 bits per heavy atom. The number of aryl methyl sites for hydroxylation is 3. The molecule has 0 spiro atoms. The number of aromatic nitrogens is 4. The van der Waals surface area contributed by atoms with Gasteiger partial charge < -0.3 is 5.11 Å². The average Bonchev–Trinajstić information content (AvgIpc) is 2.96. The molecule has 2 aromatic heterocycles. The Bertz CT molecular complexity index is 845. The van der Waals surface area contributed by atoms with Crippen LogP contribution in [-0.2, 0) is 13.5 Å². The highest BCUT2D eigenvalue weighted by Crippen LogP contribution is 2.24. The molecule has 0 unspecified atom stereocenters. The number of benzene rings is 1. The van der Waals surface area contributed by atoms with Crippen LogP contribution < -0.4 is 0 Å². The third-order valence-corrected chi connectivity index (χ3v) is 3.53. The van der Waals surface area contributed by atoms with Crippen LogP contribution in [0.25, 0.3) is 16.7 Å². The van der Waals surface area contributed by atoms with E-state index in [2.05, 4.69) is 17.0 Å². The summed E-state index contributed by atoms with van der Waals surface area (Å²) in [6, 6.07) is 5.00. The van der Waals surface area contributed by atoms with Crippen molar-refractivity contribution in [1.82, 2.24) is 19.3 Å². The number of carboxylic acids is 1. The predicted molar refractivity (Wildman–Crippen MR) is 78.9 cm³/mol. The molecule has 0 saturated heterocycles. The molecule has 108 valence electrons. The standard InChI is InChI=1S/C15H16N4O2/c1-4-11-14(8-18(3)17-11)19-9(2)16-12-7-10(15(20)21)5-6-13(12)19/h5-8H,4H2,1-3H3,(H,20,21). The largest absolute Gasteiger partial charge is 0.478 e. The monoisotopic (exact) mass is 284 g/mol. The zero-order valence-corrected chi connectivity index (χ0v) is 12.2. The van der Waals surface area contributed by atoms with Gasteiger partial charge in [-0.25, -0.2) is 9.78 Å². The van der Waals surface area contributed by atoms with E-state index in [-0.39, 0.29) is 5.56 Å². The van der Waals surface area contributed by atoms with Gasteiger partial charge in [0.05, 0.1) is 28.0 Å². The number of hydrogen-bond acceptors (Lipinski definition) is 3. The van der Waals surface area contributed by atoms with Crippen molar-refractivity contribution in [1.29, 1.82) is 0 Å². The van der Waals surface area contributed by atoms with Crippen molar-refractivity contribution in [3.8, 4) is 5.69 Å². The lowest BCUT2D eigenvalue weighted by Crippen LogP contribution is -1.99. The summed E-state index contributed by atoms with van der Waals surface area (Å²) < 4.78 is 3.80. The van der Waals surface area contributed by atoms with E-state index < -0.39 is 5.97 Å². The Labute approximate surface area is 121 Å². The molecule has 0 bridgehead atoms. The van der Waals surface area contributed by atoms with E-state index in [9.17, 15) is 4.79 Å². The zero-order chi connectivity index (χ0) is 15.1. The summed E-state index contributed by atoms with van der Waals surface area (Å²) >= 11 is 0. The lowest BCUT2D eigenvalue weighted by atomic mass is 10.2. The summed E-state index contributed by atoms with van der Waals surface area (Å²) in [5.41, 5.74) is 3.79. The normalized spacial score (nSPS) is 11.2. The topological polar surface area (TPSA) is 72.9 Å². The van der Waals surface area contributed by atoms with Gasteiger partial charge in [0.2, 0.25) is 0 Å². The minimum absolute atomic E-state index is 0.244. The van der Waals surface area contributed by atoms with Gasteiger partial charge in [0.1, 0.15) is 5.82 Å². The van der Waals surface area contributed by atoms with Crippen LogP contribution in [0.3, 0.4) is 0 Å². The van der Waals surface area contributed by atoms with E-state index in [1.807, 2.05) is 24.7 Å². The molecule has 0 fully saturated rings. The van der Waals surface area contributed by atoms with Gasteiger partial charge in [0.25, 0.3) is 0 Å². The Balaban J connectivity index is 2.27. The quantitative estimate of drug-likeness (QED) is 0.801. The lowest BCUT2D eigenvalue weighted by molar-refractivity contribution is 0.0697. The molecular weight excluding hydrogens is 268 g/mol. The van der Waals surface area contributed by atoms with E-state index in [0.29, 0.717) is 5.52 Å². The fraction of sp³-hybridized carbons (Fsp3) is 0.267. The van der Waals surface area contributed by atoms with Gasteiger partial charge in [0.15, 0.2) is 0 Å². The SMILES string of the molecule is CCc1nn(C)cc1-n1c(C)nc2cc(C(=O)O)ccc21. The molecule has 1 aromatic carbocycles. The van der Waals surface area contributed by atoms with Crippen LogP contribution in [-0.4, -0.2) is 30.4 Å². The number of imidazole rings is 1. The minimum Gasteiger partial charge on any atom is -0.478 e. The smallest absolute Gasteiger partial charge is 0.335 e. The molecule has 0 aliphatic heterocycles. The second-order valence-corrected chi connectivity index (χ2v) is 4.99. The highest BCUT2D eigenvalue weighted by atomic mass is 16.4. The van der Waals surface area contributed by atoms with Crippen LogP contribution in [0.4, 0.5) is 0 Å². The first-order chi connectivity index (χ1) is 10.0. The van der Waals surface area contributed by atoms with E-state index in [0.717, 1.165) is 29.1 Å². The van der Waals surface area contributed by atoms with Gasteiger partial charge in [0, 0.05) is 13.2 Å². The molecular formula is C15H16N4O2. The summed E-state index contributed by atoms with van der Waals surface area (Å²) in [5, 5.41) is 13.5. The summed E-state index contributed by atoms with van der Waals surface area (Å²) in [7, 11) is 1.89. The Kier molecular flexibility index (Phi) is 3.01. The molecule has 0 aliphatic rings. The molecule has 6 heteroatoms. The number of hydrogen-bond donors (Lipinski definition) is 1. The summed E-state index contributed by atoms with van der Waals surface area (Å²) in [6.07, 6.45) is 2.78. The molecule has 0 aliphatic carbocycles. The molecule has 3 rings (SSSR count). The summed E-state index contributed by atoms with van der Waals surface area (Å²) in [4.78, 5) is 15.5. The van der Waals surface area contributed by atoms with Gasteiger partial charge in [-0.05, 0) is 31.5 Å². The van der Waals surface area contributed by atoms with E-state index in [4.69, 9.17) is 5.11 Å². The van der Waals surface area contributed by atoms with E-state index in [1.54, 1.807) is 22.9 Å². The second kappa shape index (κ2) is 4.73. The summed E-state index contributed by atoms with van der Waals surface area (Å²) in [5.74, 6) is -0.130. The van der Waals surface area contributed by atoms with E-state index >= 15 is 0 Å². The Morgan fingerprint density at radius 3 is 2.81 bits per heavy atom. The van der Waals surface area contributed by atoms with Crippen molar-refractivity contribution in [2.75, 3.05) is 0 Å². The number of carboxylic acid groups (broad SMARTS) is 1. The molecule has 0 amide bonds. The van der Waals surface area contributed by atoms with Crippen molar-refractivity contribution in [3.05, 3.63) is 41.5 Å². The molecule has 0 saturated carbocycles. The van der Waals surface area contributed by atoms with Gasteiger partial charge in [-0.2, -0.15) is 5.10 Å². The Morgan fingerprint density at radius 2 is 2.14 bits per heavy atom. The molecule has 6 nitrogen and oxygen atoms in total. The molecule has 3 aromatic rings. The Hall–Kier alpha value is -2.63. The van der Waals surface area contributed by atoms with Crippen LogP contribution in [0, 0.1) is 6.92 Å². The number of nitrogens with zero attached hydrogens (tertiary/aromatic N) is 4. The van der Waals surface area contributed by atoms with Crippen LogP contribution in [0.1, 0.15) is 28.8 Å². The van der Waals surface area contributed by atoms with Gasteiger partial charge in [-0.3, -0.25) is 9.25 Å². The first kappa shape index (κ1) is 13.4. The predicted octanol–water partition coefficient (Wildman–Crippen LogP) is 2.33. The van der Waals surface area contributed by atoms with Crippen LogP contribution >= 0.6 is 0 Å². The lowest BCUT2D eigenvalue weighted by Gasteiger charge is -2.05. The number of rotatable bonds is 3. The fourth-order valence-corrected chi connectivity index (χ4v) is 2.60. The first-order valence-corrected chi connectivity index (χ1v) is 6.76. The van der Waals surface area contributed by atoms with Crippen molar-refractivity contribution in [2.24, 2.45) is 7.05 Å². The van der Waals surface area contributed by atoms with Gasteiger partial charge in [-0.1, -0.05) is 6.92 Å². The maximum Gasteiger partial charge on any atom is 0.335 e. The van der Waals surface area contributed by atoms with Crippen molar-refractivity contribution < 1.29 is 9.90 Å². The fourth-order valence-electron chi connectivity index (χ4n) is 2.60. The molecule has 2 heterocycles. The van der Waals surface area contributed by atoms with Crippen LogP contribution in [0.15, 0.2) is 24.4 Å². The number of aromatic carboxylic acids is 1. The third kappa shape index (κ3) is 2.08. The highest BCUT2D eigenvalue weighted by Gasteiger charge is 2.16. The third-order valence-electron chi connectivity index (χ3n) is 3.53. The molecule has 0 atom stereocenters. The highest BCUT2D eigenvalue weighted by molar-refractivity contribution is 5.92. The van der Waals surface area contributed by atoms with Gasteiger partial charge >= 0.3 is 5.97 Å². The number of fused-ring (bicyclic) bond motifs is 1.